The lowest BCUT2D eigenvalue weighted by Crippen LogP contribution is -2.32. The van der Waals surface area contributed by atoms with E-state index in [9.17, 15) is 9.59 Å². The highest BCUT2D eigenvalue weighted by molar-refractivity contribution is 6.06. The predicted molar refractivity (Wildman–Crippen MR) is 107 cm³/mol. The van der Waals surface area contributed by atoms with Gasteiger partial charge < -0.3 is 10.6 Å². The van der Waals surface area contributed by atoms with Crippen molar-refractivity contribution in [2.24, 2.45) is 0 Å². The van der Waals surface area contributed by atoms with E-state index >= 15 is 0 Å². The van der Waals surface area contributed by atoms with E-state index in [-0.39, 0.29) is 23.3 Å². The highest BCUT2D eigenvalue weighted by Gasteiger charge is 2.19. The molecule has 0 aliphatic heterocycles. The number of hydrogen-bond donors (Lipinski definition) is 2. The summed E-state index contributed by atoms with van der Waals surface area (Å²) in [7, 11) is 0. The van der Waals surface area contributed by atoms with Crippen LogP contribution in [-0.4, -0.2) is 17.9 Å². The normalized spacial score (nSPS) is 12.3. The monoisotopic (exact) mass is 352 g/mol. The Hall–Kier alpha value is -2.62. The molecule has 0 radical (unpaired) electrons. The molecule has 0 saturated carbocycles. The van der Waals surface area contributed by atoms with Gasteiger partial charge in [-0.2, -0.15) is 0 Å². The molecule has 0 fully saturated rings. The summed E-state index contributed by atoms with van der Waals surface area (Å²) in [5.74, 6) is -0.385. The fourth-order valence-corrected chi connectivity index (χ4v) is 2.65. The summed E-state index contributed by atoms with van der Waals surface area (Å²) in [6.07, 6.45) is 0.857. The van der Waals surface area contributed by atoms with Gasteiger partial charge in [0.2, 0.25) is 0 Å². The zero-order chi connectivity index (χ0) is 19.3. The van der Waals surface area contributed by atoms with Crippen LogP contribution in [0.5, 0.6) is 0 Å². The number of carbonyl (C=O) groups excluding carboxylic acids is 2. The Labute approximate surface area is 156 Å². The van der Waals surface area contributed by atoms with E-state index in [2.05, 4.69) is 31.4 Å². The molecule has 0 aromatic heterocycles. The molecule has 2 aromatic carbocycles. The van der Waals surface area contributed by atoms with Gasteiger partial charge in [0.1, 0.15) is 0 Å². The highest BCUT2D eigenvalue weighted by Crippen LogP contribution is 2.29. The molecule has 138 valence electrons. The average molecular weight is 352 g/mol. The molecule has 1 unspecified atom stereocenters. The van der Waals surface area contributed by atoms with Gasteiger partial charge in [0, 0.05) is 22.9 Å². The van der Waals surface area contributed by atoms with E-state index in [4.69, 9.17) is 0 Å². The molecule has 2 amide bonds. The van der Waals surface area contributed by atoms with Gasteiger partial charge in [-0.3, -0.25) is 9.59 Å². The number of benzene rings is 2. The summed E-state index contributed by atoms with van der Waals surface area (Å²) in [4.78, 5) is 25.0. The van der Waals surface area contributed by atoms with Crippen LogP contribution in [0.25, 0.3) is 0 Å². The van der Waals surface area contributed by atoms with Crippen LogP contribution in [0.4, 0.5) is 5.69 Å². The Bertz CT molecular complexity index is 791. The molecule has 0 heterocycles. The van der Waals surface area contributed by atoms with Crippen molar-refractivity contribution in [1.82, 2.24) is 5.32 Å². The first-order valence-corrected chi connectivity index (χ1v) is 9.04. The average Bonchev–Trinajstić information content (AvgIpc) is 2.61. The summed E-state index contributed by atoms with van der Waals surface area (Å²) in [5.41, 5.74) is 2.73. The molecule has 0 aliphatic rings. The molecule has 0 bridgehead atoms. The van der Waals surface area contributed by atoms with Crippen molar-refractivity contribution in [3.05, 3.63) is 65.2 Å². The summed E-state index contributed by atoms with van der Waals surface area (Å²) < 4.78 is 0. The van der Waals surface area contributed by atoms with E-state index in [0.717, 1.165) is 17.7 Å². The van der Waals surface area contributed by atoms with E-state index in [1.807, 2.05) is 38.1 Å². The largest absolute Gasteiger partial charge is 0.350 e. The third-order valence-corrected chi connectivity index (χ3v) is 4.36. The predicted octanol–water partition coefficient (Wildman–Crippen LogP) is 4.76. The van der Waals surface area contributed by atoms with E-state index in [0.29, 0.717) is 11.1 Å². The molecule has 0 spiro atoms. The maximum atomic E-state index is 12.7. The summed E-state index contributed by atoms with van der Waals surface area (Å²) in [5, 5.41) is 5.90. The third kappa shape index (κ3) is 4.94. The van der Waals surface area contributed by atoms with Gasteiger partial charge in [-0.1, -0.05) is 52.0 Å². The van der Waals surface area contributed by atoms with E-state index in [1.165, 1.54) is 0 Å². The van der Waals surface area contributed by atoms with Crippen LogP contribution in [0.3, 0.4) is 0 Å². The molecule has 26 heavy (non-hydrogen) atoms. The molecule has 4 nitrogen and oxygen atoms in total. The zero-order valence-corrected chi connectivity index (χ0v) is 16.2. The van der Waals surface area contributed by atoms with Gasteiger partial charge in [0.05, 0.1) is 0 Å². The lowest BCUT2D eigenvalue weighted by molar-refractivity contribution is 0.0939. The molecule has 2 aromatic rings. The van der Waals surface area contributed by atoms with Crippen molar-refractivity contribution < 1.29 is 9.59 Å². The van der Waals surface area contributed by atoms with E-state index < -0.39 is 0 Å². The maximum absolute atomic E-state index is 12.7. The van der Waals surface area contributed by atoms with Crippen molar-refractivity contribution in [3.63, 3.8) is 0 Å². The molecular weight excluding hydrogens is 324 g/mol. The van der Waals surface area contributed by atoms with Gasteiger partial charge in [0.25, 0.3) is 11.8 Å². The van der Waals surface area contributed by atoms with Crippen LogP contribution < -0.4 is 10.6 Å². The first kappa shape index (κ1) is 19.7. The van der Waals surface area contributed by atoms with Crippen LogP contribution in [0.2, 0.25) is 0 Å². The van der Waals surface area contributed by atoms with Crippen LogP contribution >= 0.6 is 0 Å². The number of nitrogens with one attached hydrogen (secondary N) is 2. The first-order valence-electron chi connectivity index (χ1n) is 9.04. The quantitative estimate of drug-likeness (QED) is 0.815. The molecule has 4 heteroatoms. The Morgan fingerprint density at radius 3 is 2.19 bits per heavy atom. The van der Waals surface area contributed by atoms with Crippen molar-refractivity contribution >= 4 is 17.5 Å². The molecular formula is C22H28N2O2. The summed E-state index contributed by atoms with van der Waals surface area (Å²) >= 11 is 0. The number of rotatable bonds is 5. The first-order chi connectivity index (χ1) is 12.2. The topological polar surface area (TPSA) is 58.2 Å². The van der Waals surface area contributed by atoms with Crippen molar-refractivity contribution in [2.45, 2.75) is 52.5 Å². The molecule has 2 rings (SSSR count). The van der Waals surface area contributed by atoms with Crippen LogP contribution in [0.1, 0.15) is 67.3 Å². The minimum Gasteiger partial charge on any atom is -0.350 e. The fraction of sp³-hybridized carbons (Fsp3) is 0.364. The van der Waals surface area contributed by atoms with Crippen molar-refractivity contribution in [2.75, 3.05) is 5.32 Å². The molecule has 0 aliphatic carbocycles. The summed E-state index contributed by atoms with van der Waals surface area (Å²) in [6, 6.07) is 14.7. The standard InChI is InChI=1S/C22H28N2O2/c1-6-15(2)23-20(25)16-10-9-11-17(14-16)21(26)24-19-13-8-7-12-18(19)22(3,4)5/h7-15H,6H2,1-5H3,(H,23,25)(H,24,26). The highest BCUT2D eigenvalue weighted by atomic mass is 16.2. The molecule has 2 N–H and O–H groups in total. The lowest BCUT2D eigenvalue weighted by Gasteiger charge is -2.23. The van der Waals surface area contributed by atoms with Crippen LogP contribution in [-0.2, 0) is 5.41 Å². The Morgan fingerprint density at radius 1 is 0.962 bits per heavy atom. The Morgan fingerprint density at radius 2 is 1.58 bits per heavy atom. The van der Waals surface area contributed by atoms with Gasteiger partial charge in [-0.25, -0.2) is 0 Å². The second kappa shape index (κ2) is 8.17. The van der Waals surface area contributed by atoms with Gasteiger partial charge in [0.15, 0.2) is 0 Å². The summed E-state index contributed by atoms with van der Waals surface area (Å²) in [6.45, 7) is 10.3. The fourth-order valence-electron chi connectivity index (χ4n) is 2.65. The molecule has 0 saturated heterocycles. The van der Waals surface area contributed by atoms with Gasteiger partial charge in [-0.15, -0.1) is 0 Å². The maximum Gasteiger partial charge on any atom is 0.255 e. The van der Waals surface area contributed by atoms with Crippen molar-refractivity contribution in [3.8, 4) is 0 Å². The lowest BCUT2D eigenvalue weighted by atomic mass is 9.86. The van der Waals surface area contributed by atoms with Crippen LogP contribution in [0, 0.1) is 0 Å². The second-order valence-corrected chi connectivity index (χ2v) is 7.61. The SMILES string of the molecule is CCC(C)NC(=O)c1cccc(C(=O)Nc2ccccc2C(C)(C)C)c1. The molecule has 1 atom stereocenters. The number of carbonyl (C=O) groups is 2. The minimum atomic E-state index is -0.222. The number of para-hydroxylation sites is 1. The number of hydrogen-bond acceptors (Lipinski definition) is 2. The van der Waals surface area contributed by atoms with Gasteiger partial charge in [-0.05, 0) is 48.6 Å². The minimum absolute atomic E-state index is 0.0814. The zero-order valence-electron chi connectivity index (χ0n) is 16.2. The third-order valence-electron chi connectivity index (χ3n) is 4.36. The Kier molecular flexibility index (Phi) is 6.19. The Balaban J connectivity index is 2.22. The number of amides is 2. The second-order valence-electron chi connectivity index (χ2n) is 7.61. The van der Waals surface area contributed by atoms with Crippen LogP contribution in [0.15, 0.2) is 48.5 Å². The van der Waals surface area contributed by atoms with E-state index in [1.54, 1.807) is 24.3 Å². The van der Waals surface area contributed by atoms with Gasteiger partial charge >= 0.3 is 0 Å². The number of anilines is 1. The smallest absolute Gasteiger partial charge is 0.255 e. The van der Waals surface area contributed by atoms with Crippen molar-refractivity contribution in [1.29, 1.82) is 0 Å².